The van der Waals surface area contributed by atoms with Gasteiger partial charge in [0, 0.05) is 29.7 Å². The van der Waals surface area contributed by atoms with Crippen LogP contribution in [0.4, 0.5) is 0 Å². The fourth-order valence-electron chi connectivity index (χ4n) is 3.89. The lowest BCUT2D eigenvalue weighted by Crippen LogP contribution is -2.52. The number of carbonyl (C=O) groups excluding carboxylic acids is 3. The maximum Gasteiger partial charge on any atom is 0.288 e. The van der Waals surface area contributed by atoms with Gasteiger partial charge in [-0.05, 0) is 29.4 Å². The van der Waals surface area contributed by atoms with Gasteiger partial charge in [0.25, 0.3) is 5.91 Å². The third-order valence-electron chi connectivity index (χ3n) is 5.57. The Morgan fingerprint density at radius 1 is 1.23 bits per heavy atom. The maximum atomic E-state index is 13.6. The van der Waals surface area contributed by atoms with Crippen LogP contribution in [0.2, 0.25) is 0 Å². The highest BCUT2D eigenvalue weighted by Gasteiger charge is 2.50. The first-order chi connectivity index (χ1) is 14.8. The molecule has 0 saturated heterocycles. The largest absolute Gasteiger partial charge is 0.467 e. The topological polar surface area (TPSA) is 92.7 Å². The van der Waals surface area contributed by atoms with Crippen molar-refractivity contribution in [3.05, 3.63) is 64.7 Å². The molecule has 1 amide bonds. The second-order valence-electron chi connectivity index (χ2n) is 7.87. The molecule has 0 radical (unpaired) electrons. The number of aliphatic hydroxyl groups is 1. The summed E-state index contributed by atoms with van der Waals surface area (Å²) < 4.78 is 5.48. The number of ether oxygens (including phenoxy) is 1. The van der Waals surface area contributed by atoms with E-state index >= 15 is 0 Å². The molecule has 1 unspecified atom stereocenters. The Bertz CT molecular complexity index is 1000. The molecule has 0 fully saturated rings. The molecule has 6 nitrogen and oxygen atoms in total. The highest BCUT2D eigenvalue weighted by molar-refractivity contribution is 7.98. The van der Waals surface area contributed by atoms with Crippen LogP contribution in [0.25, 0.3) is 0 Å². The summed E-state index contributed by atoms with van der Waals surface area (Å²) in [5.74, 6) is -0.625. The van der Waals surface area contributed by atoms with E-state index in [9.17, 15) is 19.5 Å². The standard InChI is InChI=1S/C24H27NO5S/c1-15(2)16-8-9-19(21(12-16)30-14-26)24(25-23(29)20(27)10-11-31-3)13-17-6-4-5-7-18(17)22(24)28/h4-9,12,15,26H,10-11,13-14H2,1-3H3,(H,25,29). The third-order valence-corrected chi connectivity index (χ3v) is 6.18. The Morgan fingerprint density at radius 3 is 2.61 bits per heavy atom. The molecule has 2 N–H and O–H groups in total. The van der Waals surface area contributed by atoms with Crippen molar-refractivity contribution in [3.8, 4) is 5.75 Å². The number of amides is 1. The van der Waals surface area contributed by atoms with Crippen LogP contribution in [0.5, 0.6) is 5.75 Å². The number of hydrogen-bond acceptors (Lipinski definition) is 6. The number of rotatable bonds is 9. The van der Waals surface area contributed by atoms with Gasteiger partial charge in [0.2, 0.25) is 5.78 Å². The van der Waals surface area contributed by atoms with Gasteiger partial charge >= 0.3 is 0 Å². The molecule has 1 aliphatic rings. The van der Waals surface area contributed by atoms with Crippen LogP contribution < -0.4 is 10.1 Å². The summed E-state index contributed by atoms with van der Waals surface area (Å²) in [4.78, 5) is 38.8. The first-order valence-electron chi connectivity index (χ1n) is 10.2. The number of aliphatic hydroxyl groups excluding tert-OH is 1. The molecule has 0 aliphatic heterocycles. The average molecular weight is 442 g/mol. The molecule has 0 heterocycles. The normalized spacial score (nSPS) is 17.5. The van der Waals surface area contributed by atoms with E-state index in [1.165, 1.54) is 11.8 Å². The Balaban J connectivity index is 2.11. The second kappa shape index (κ2) is 9.66. The van der Waals surface area contributed by atoms with E-state index in [1.54, 1.807) is 24.3 Å². The van der Waals surface area contributed by atoms with E-state index < -0.39 is 24.0 Å². The van der Waals surface area contributed by atoms with Crippen molar-refractivity contribution in [2.24, 2.45) is 0 Å². The lowest BCUT2D eigenvalue weighted by molar-refractivity contribution is -0.138. The van der Waals surface area contributed by atoms with Gasteiger partial charge in [-0.3, -0.25) is 14.4 Å². The van der Waals surface area contributed by atoms with Gasteiger partial charge in [-0.1, -0.05) is 50.2 Å². The molecule has 7 heteroatoms. The summed E-state index contributed by atoms with van der Waals surface area (Å²) in [6.45, 7) is 3.47. The Morgan fingerprint density at radius 2 is 1.97 bits per heavy atom. The summed E-state index contributed by atoms with van der Waals surface area (Å²) in [6, 6.07) is 12.6. The molecule has 31 heavy (non-hydrogen) atoms. The fraction of sp³-hybridized carbons (Fsp3) is 0.375. The van der Waals surface area contributed by atoms with Crippen LogP contribution in [-0.4, -0.2) is 41.4 Å². The Labute approximate surface area is 186 Å². The smallest absolute Gasteiger partial charge is 0.288 e. The van der Waals surface area contributed by atoms with Crippen molar-refractivity contribution in [2.75, 3.05) is 18.8 Å². The average Bonchev–Trinajstić information content (AvgIpc) is 3.04. The molecule has 3 rings (SSSR count). The van der Waals surface area contributed by atoms with Crippen LogP contribution in [0.15, 0.2) is 42.5 Å². The number of benzene rings is 2. The zero-order valence-electron chi connectivity index (χ0n) is 17.9. The minimum Gasteiger partial charge on any atom is -0.467 e. The van der Waals surface area contributed by atoms with Crippen LogP contribution in [0.3, 0.4) is 0 Å². The first kappa shape index (κ1) is 23.0. The molecule has 0 aromatic heterocycles. The highest BCUT2D eigenvalue weighted by atomic mass is 32.2. The van der Waals surface area contributed by atoms with E-state index in [-0.39, 0.29) is 24.5 Å². The summed E-state index contributed by atoms with van der Waals surface area (Å²) in [7, 11) is 0. The van der Waals surface area contributed by atoms with E-state index in [4.69, 9.17) is 4.74 Å². The van der Waals surface area contributed by atoms with Crippen molar-refractivity contribution < 1.29 is 24.2 Å². The van der Waals surface area contributed by atoms with E-state index in [0.717, 1.165) is 11.1 Å². The van der Waals surface area contributed by atoms with Crippen LogP contribution in [-0.2, 0) is 21.5 Å². The molecule has 2 aromatic rings. The summed E-state index contributed by atoms with van der Waals surface area (Å²) in [5.41, 5.74) is 1.20. The van der Waals surface area contributed by atoms with Crippen LogP contribution >= 0.6 is 11.8 Å². The Kier molecular flexibility index (Phi) is 7.18. The highest BCUT2D eigenvalue weighted by Crippen LogP contribution is 2.42. The van der Waals surface area contributed by atoms with E-state index in [2.05, 4.69) is 5.32 Å². The number of carbonyl (C=O) groups is 3. The lowest BCUT2D eigenvalue weighted by Gasteiger charge is -2.31. The van der Waals surface area contributed by atoms with Gasteiger partial charge in [0.15, 0.2) is 12.6 Å². The monoisotopic (exact) mass is 441 g/mol. The number of fused-ring (bicyclic) bond motifs is 1. The van der Waals surface area contributed by atoms with Crippen molar-refractivity contribution in [3.63, 3.8) is 0 Å². The molecule has 0 bridgehead atoms. The molecule has 1 atom stereocenters. The Hall–Kier alpha value is -2.64. The zero-order valence-corrected chi connectivity index (χ0v) is 18.8. The minimum absolute atomic E-state index is 0.0938. The van der Waals surface area contributed by atoms with Gasteiger partial charge in [-0.2, -0.15) is 11.8 Å². The van der Waals surface area contributed by atoms with Gasteiger partial charge in [-0.25, -0.2) is 0 Å². The predicted molar refractivity (Wildman–Crippen MR) is 121 cm³/mol. The molecule has 1 aliphatic carbocycles. The quantitative estimate of drug-likeness (QED) is 0.459. The van der Waals surface area contributed by atoms with E-state index in [1.807, 2.05) is 38.3 Å². The molecule has 164 valence electrons. The number of Topliss-reactive ketones (excluding diaryl/α,β-unsaturated/α-hetero) is 2. The number of ketones is 2. The fourth-order valence-corrected chi connectivity index (χ4v) is 4.28. The van der Waals surface area contributed by atoms with Crippen LogP contribution in [0, 0.1) is 0 Å². The van der Waals surface area contributed by atoms with Gasteiger partial charge in [0.05, 0.1) is 0 Å². The summed E-state index contributed by atoms with van der Waals surface area (Å²) in [5, 5.41) is 12.2. The van der Waals surface area contributed by atoms with Gasteiger partial charge in [0.1, 0.15) is 11.3 Å². The van der Waals surface area contributed by atoms with Crippen molar-refractivity contribution in [1.82, 2.24) is 5.32 Å². The van der Waals surface area contributed by atoms with Gasteiger partial charge in [-0.15, -0.1) is 0 Å². The van der Waals surface area contributed by atoms with Gasteiger partial charge < -0.3 is 15.2 Å². The minimum atomic E-state index is -1.48. The number of nitrogens with one attached hydrogen (secondary N) is 1. The zero-order chi connectivity index (χ0) is 22.6. The molecule has 2 aromatic carbocycles. The molecule has 0 saturated carbocycles. The number of thioether (sulfide) groups is 1. The molecular weight excluding hydrogens is 414 g/mol. The SMILES string of the molecule is CSCCC(=O)C(=O)NC1(c2ccc(C(C)C)cc2OCO)Cc2ccccc2C1=O. The first-order valence-corrected chi connectivity index (χ1v) is 11.6. The van der Waals surface area contributed by atoms with Crippen LogP contribution in [0.1, 0.15) is 53.2 Å². The summed E-state index contributed by atoms with van der Waals surface area (Å²) >= 11 is 1.47. The predicted octanol–water partition coefficient (Wildman–Crippen LogP) is 3.21. The lowest BCUT2D eigenvalue weighted by atomic mass is 9.83. The van der Waals surface area contributed by atoms with Crippen molar-refractivity contribution in [2.45, 2.75) is 38.1 Å². The van der Waals surface area contributed by atoms with Crippen molar-refractivity contribution >= 4 is 29.2 Å². The number of hydrogen-bond donors (Lipinski definition) is 2. The third kappa shape index (κ3) is 4.52. The second-order valence-corrected chi connectivity index (χ2v) is 8.86. The summed E-state index contributed by atoms with van der Waals surface area (Å²) in [6.07, 6.45) is 2.15. The maximum absolute atomic E-state index is 13.6. The molecular formula is C24H27NO5S. The molecule has 0 spiro atoms. The van der Waals surface area contributed by atoms with E-state index in [0.29, 0.717) is 22.6 Å². The van der Waals surface area contributed by atoms with Crippen molar-refractivity contribution in [1.29, 1.82) is 0 Å².